The summed E-state index contributed by atoms with van der Waals surface area (Å²) in [6, 6.07) is 0. The summed E-state index contributed by atoms with van der Waals surface area (Å²) in [4.78, 5) is 12.9. The van der Waals surface area contributed by atoms with Gasteiger partial charge in [-0.3, -0.25) is 4.79 Å². The van der Waals surface area contributed by atoms with Crippen LogP contribution in [-0.2, 0) is 7.05 Å². The molecular weight excluding hydrogens is 213 g/mol. The number of halogens is 2. The maximum Gasteiger partial charge on any atom is 0.286 e. The van der Waals surface area contributed by atoms with Crippen LogP contribution in [0.15, 0.2) is 4.79 Å². The van der Waals surface area contributed by atoms with Crippen LogP contribution in [0, 0.1) is 0 Å². The molecule has 1 aromatic heterocycles. The first-order chi connectivity index (χ1) is 5.95. The van der Waals surface area contributed by atoms with Crippen LogP contribution in [-0.4, -0.2) is 23.9 Å². The molecule has 13 heavy (non-hydrogen) atoms. The third-order valence-electron chi connectivity index (χ3n) is 1.54. The van der Waals surface area contributed by atoms with Crippen molar-refractivity contribution in [2.45, 2.75) is 0 Å². The third-order valence-corrected chi connectivity index (χ3v) is 2.34. The molecule has 0 radical (unpaired) electrons. The fraction of sp³-hybridized carbons (Fsp3) is 0.429. The fourth-order valence-corrected chi connectivity index (χ4v) is 1.35. The van der Waals surface area contributed by atoms with Crippen LogP contribution in [0.3, 0.4) is 0 Å². The molecule has 4 nitrogen and oxygen atoms in total. The highest BCUT2D eigenvalue weighted by atomic mass is 35.5. The Hall–Kier alpha value is -0.740. The monoisotopic (exact) mass is 221 g/mol. The molecule has 0 atom stereocenters. The zero-order valence-corrected chi connectivity index (χ0v) is 9.02. The van der Waals surface area contributed by atoms with Gasteiger partial charge in [0, 0.05) is 21.1 Å². The Morgan fingerprint density at radius 2 is 1.85 bits per heavy atom. The van der Waals surface area contributed by atoms with Crippen molar-refractivity contribution in [3.8, 4) is 0 Å². The topological polar surface area (TPSA) is 38.1 Å². The van der Waals surface area contributed by atoms with Crippen molar-refractivity contribution in [1.82, 2.24) is 9.78 Å². The molecule has 0 aliphatic heterocycles. The summed E-state index contributed by atoms with van der Waals surface area (Å²) in [6.07, 6.45) is 0. The van der Waals surface area contributed by atoms with E-state index in [1.165, 1.54) is 7.05 Å². The van der Waals surface area contributed by atoms with Gasteiger partial charge in [0.2, 0.25) is 0 Å². The van der Waals surface area contributed by atoms with E-state index in [0.29, 0.717) is 5.82 Å². The lowest BCUT2D eigenvalue weighted by Crippen LogP contribution is -2.24. The molecule has 0 saturated carbocycles. The molecular formula is C7H9Cl2N3O. The molecule has 0 aliphatic rings. The molecule has 0 fully saturated rings. The molecule has 1 rings (SSSR count). The van der Waals surface area contributed by atoms with Crippen LogP contribution in [0.25, 0.3) is 0 Å². The first-order valence-electron chi connectivity index (χ1n) is 3.54. The van der Waals surface area contributed by atoms with E-state index in [2.05, 4.69) is 5.10 Å². The molecule has 72 valence electrons. The second-order valence-corrected chi connectivity index (χ2v) is 3.53. The van der Waals surface area contributed by atoms with E-state index < -0.39 is 5.56 Å². The number of anilines is 1. The van der Waals surface area contributed by atoms with Gasteiger partial charge in [-0.15, -0.1) is 0 Å². The zero-order chi connectivity index (χ0) is 10.2. The van der Waals surface area contributed by atoms with Gasteiger partial charge in [-0.05, 0) is 0 Å². The summed E-state index contributed by atoms with van der Waals surface area (Å²) in [5, 5.41) is 4.14. The lowest BCUT2D eigenvalue weighted by molar-refractivity contribution is 0.702. The van der Waals surface area contributed by atoms with E-state index in [-0.39, 0.29) is 10.0 Å². The molecule has 0 spiro atoms. The highest BCUT2D eigenvalue weighted by Gasteiger charge is 2.13. The van der Waals surface area contributed by atoms with Crippen molar-refractivity contribution >= 4 is 29.0 Å². The molecule has 0 bridgehead atoms. The SMILES string of the molecule is CN(C)c1nn(C)c(=O)c(Cl)c1Cl. The zero-order valence-electron chi connectivity index (χ0n) is 7.51. The Kier molecular flexibility index (Phi) is 2.83. The summed E-state index contributed by atoms with van der Waals surface area (Å²) in [5.74, 6) is 0.480. The summed E-state index contributed by atoms with van der Waals surface area (Å²) in [5.41, 5.74) is -0.391. The van der Waals surface area contributed by atoms with Crippen LogP contribution in [0.5, 0.6) is 0 Å². The van der Waals surface area contributed by atoms with E-state index >= 15 is 0 Å². The van der Waals surface area contributed by atoms with Crippen LogP contribution in [0.2, 0.25) is 10.0 Å². The van der Waals surface area contributed by atoms with Crippen molar-refractivity contribution < 1.29 is 0 Å². The minimum atomic E-state index is -0.391. The number of aryl methyl sites for hydroxylation is 1. The van der Waals surface area contributed by atoms with E-state index in [0.717, 1.165) is 4.68 Å². The molecule has 6 heteroatoms. The van der Waals surface area contributed by atoms with Crippen LogP contribution >= 0.6 is 23.2 Å². The molecule has 0 unspecified atom stereocenters. The Labute approximate surface area is 85.7 Å². The summed E-state index contributed by atoms with van der Waals surface area (Å²) >= 11 is 11.5. The number of nitrogens with zero attached hydrogens (tertiary/aromatic N) is 3. The van der Waals surface area contributed by atoms with Gasteiger partial charge in [0.25, 0.3) is 5.56 Å². The molecule has 1 aromatic rings. The molecule has 0 aromatic carbocycles. The van der Waals surface area contributed by atoms with Gasteiger partial charge in [-0.25, -0.2) is 4.68 Å². The Morgan fingerprint density at radius 3 is 2.31 bits per heavy atom. The van der Waals surface area contributed by atoms with Crippen LogP contribution in [0.1, 0.15) is 0 Å². The van der Waals surface area contributed by atoms with Crippen molar-refractivity contribution in [2.75, 3.05) is 19.0 Å². The summed E-state index contributed by atoms with van der Waals surface area (Å²) in [6.45, 7) is 0. The van der Waals surface area contributed by atoms with Crippen molar-refractivity contribution in [3.05, 3.63) is 20.4 Å². The van der Waals surface area contributed by atoms with Gasteiger partial charge in [0.05, 0.1) is 0 Å². The smallest absolute Gasteiger partial charge is 0.286 e. The largest absolute Gasteiger partial charge is 0.360 e. The van der Waals surface area contributed by atoms with Gasteiger partial charge in [0.1, 0.15) is 10.0 Å². The molecule has 0 saturated heterocycles. The average Bonchev–Trinajstić information content (AvgIpc) is 2.07. The second kappa shape index (κ2) is 3.55. The van der Waals surface area contributed by atoms with E-state index in [4.69, 9.17) is 23.2 Å². The molecule has 1 heterocycles. The van der Waals surface area contributed by atoms with Crippen molar-refractivity contribution in [1.29, 1.82) is 0 Å². The lowest BCUT2D eigenvalue weighted by atomic mass is 10.5. The highest BCUT2D eigenvalue weighted by Crippen LogP contribution is 2.25. The molecule has 0 aliphatic carbocycles. The quantitative estimate of drug-likeness (QED) is 0.715. The summed E-state index contributed by atoms with van der Waals surface area (Å²) < 4.78 is 1.16. The van der Waals surface area contributed by atoms with Crippen molar-refractivity contribution in [2.24, 2.45) is 7.05 Å². The normalized spacial score (nSPS) is 10.2. The predicted molar refractivity (Wildman–Crippen MR) is 53.8 cm³/mol. The van der Waals surface area contributed by atoms with Gasteiger partial charge < -0.3 is 4.90 Å². The van der Waals surface area contributed by atoms with E-state index in [1.807, 2.05) is 0 Å². The maximum atomic E-state index is 11.2. The van der Waals surface area contributed by atoms with E-state index in [9.17, 15) is 4.79 Å². The van der Waals surface area contributed by atoms with Gasteiger partial charge in [0.15, 0.2) is 5.82 Å². The summed E-state index contributed by atoms with van der Waals surface area (Å²) in [7, 11) is 5.07. The third kappa shape index (κ3) is 1.78. The molecule has 0 N–H and O–H groups in total. The first kappa shape index (κ1) is 10.3. The molecule has 0 amide bonds. The van der Waals surface area contributed by atoms with Gasteiger partial charge in [-0.2, -0.15) is 5.10 Å². The minimum Gasteiger partial charge on any atom is -0.360 e. The van der Waals surface area contributed by atoms with Gasteiger partial charge >= 0.3 is 0 Å². The Balaban J connectivity index is 3.50. The Morgan fingerprint density at radius 1 is 1.31 bits per heavy atom. The standard InChI is InChI=1S/C7H9Cl2N3O/c1-11(2)6-4(8)5(9)7(13)12(3)10-6/h1-3H3. The van der Waals surface area contributed by atoms with E-state index in [1.54, 1.807) is 19.0 Å². The minimum absolute atomic E-state index is 0.00265. The number of hydrogen-bond acceptors (Lipinski definition) is 3. The maximum absolute atomic E-state index is 11.2. The lowest BCUT2D eigenvalue weighted by Gasteiger charge is -2.14. The fourth-order valence-electron chi connectivity index (χ4n) is 0.851. The predicted octanol–water partition coefficient (Wildman–Crippen LogP) is 1.15. The van der Waals surface area contributed by atoms with Crippen molar-refractivity contribution in [3.63, 3.8) is 0 Å². The number of rotatable bonds is 1. The van der Waals surface area contributed by atoms with Crippen LogP contribution in [0.4, 0.5) is 5.82 Å². The van der Waals surface area contributed by atoms with Gasteiger partial charge in [-0.1, -0.05) is 23.2 Å². The Bertz CT molecular complexity index is 386. The highest BCUT2D eigenvalue weighted by molar-refractivity contribution is 6.43. The second-order valence-electron chi connectivity index (χ2n) is 2.77. The first-order valence-corrected chi connectivity index (χ1v) is 4.30. The number of hydrogen-bond donors (Lipinski definition) is 0. The number of aromatic nitrogens is 2. The average molecular weight is 222 g/mol. The van der Waals surface area contributed by atoms with Crippen LogP contribution < -0.4 is 10.5 Å².